The zero-order chi connectivity index (χ0) is 88.9. The zero-order valence-electron chi connectivity index (χ0n) is 71.7. The lowest BCUT2D eigenvalue weighted by molar-refractivity contribution is -0.156. The van der Waals surface area contributed by atoms with E-state index in [2.05, 4.69) is 74.1 Å². The summed E-state index contributed by atoms with van der Waals surface area (Å²) in [5, 5.41) is 43.1. The fraction of sp³-hybridized carbons (Fsp3) is 0.718. The molecule has 0 saturated carbocycles. The molecular weight excluding hydrogens is 1530 g/mol. The Labute approximate surface area is 686 Å². The van der Waals surface area contributed by atoms with Crippen LogP contribution in [0.3, 0.4) is 0 Å². The number of carbonyl (C=O) groups excluding carboxylic acids is 14. The first-order valence-corrected chi connectivity index (χ1v) is 39.3. The van der Waals surface area contributed by atoms with Gasteiger partial charge < -0.3 is 117 Å². The van der Waals surface area contributed by atoms with Crippen molar-refractivity contribution < 1.29 is 115 Å². The number of nitrogens with one attached hydrogen (secondary N) is 13. The molecule has 1 aromatic rings. The zero-order valence-corrected chi connectivity index (χ0v) is 71.7. The standard InChI is InChI=1S/C78H133N15O24/c1-20-77(47-94,45-84-56(39-49(2)3)65(103)87-55(25-22-27-81-69(79)107)66(104)91-76(18,19)68(106)88-57(40-50(4)5)64(102)80-28-30-111-32-34-113-36-38-114-37-35-112-33-31-110-29-26-60(97)98)92-62(100)52(8)83-46-78(48-95,43-51(6)7)93-67(105)58(42-61(99)115-73(9,10)11)86-59(96)44-82-63(101)53-23-21-24-54(41-53)85-70(89-71(108)116-74(12,13)14)90-72(109)117-75(15,16)17/h21,23-24,41,47-52,55-58,83-84H,20,22,25-40,42-46H2,1-19H3,(H,80,102)(H,82,101)(H,86,96)(H,87,103)(H,88,106)(H,91,104)(H,92,100)(H,93,105)(H,97,98)(H3,79,81,107)(H2,85,89,90,108,109)/t52-,55-,56-,57-,58-,77+,78+/m0/s1. The molecule has 117 heavy (non-hydrogen) atoms. The van der Waals surface area contributed by atoms with E-state index in [1.165, 1.54) is 45.0 Å². The van der Waals surface area contributed by atoms with Crippen molar-refractivity contribution in [2.45, 2.75) is 247 Å². The third-order valence-corrected chi connectivity index (χ3v) is 16.3. The number of ether oxygens (including phenoxy) is 8. The van der Waals surface area contributed by atoms with Crippen molar-refractivity contribution >= 4 is 102 Å². The van der Waals surface area contributed by atoms with E-state index in [-0.39, 0.29) is 127 Å². The van der Waals surface area contributed by atoms with Gasteiger partial charge in [-0.3, -0.25) is 58.6 Å². The fourth-order valence-corrected chi connectivity index (χ4v) is 10.7. The van der Waals surface area contributed by atoms with Crippen molar-refractivity contribution in [3.8, 4) is 0 Å². The van der Waals surface area contributed by atoms with Gasteiger partial charge in [0.25, 0.3) is 5.91 Å². The van der Waals surface area contributed by atoms with Gasteiger partial charge in [0.1, 0.15) is 64.1 Å². The summed E-state index contributed by atoms with van der Waals surface area (Å²) in [6.07, 6.45) is -1.54. The van der Waals surface area contributed by atoms with E-state index in [9.17, 15) is 71.9 Å². The summed E-state index contributed by atoms with van der Waals surface area (Å²) in [6, 6.07) is -1.75. The fourth-order valence-electron chi connectivity index (χ4n) is 10.7. The second-order valence-electron chi connectivity index (χ2n) is 32.8. The maximum absolute atomic E-state index is 14.5. The number of hydrogen-bond donors (Lipinski definition) is 15. The molecule has 0 heterocycles. The van der Waals surface area contributed by atoms with E-state index in [0.29, 0.717) is 45.6 Å². The van der Waals surface area contributed by atoms with Crippen LogP contribution in [0.4, 0.5) is 20.1 Å². The van der Waals surface area contributed by atoms with Gasteiger partial charge in [-0.2, -0.15) is 0 Å². The van der Waals surface area contributed by atoms with Crippen LogP contribution >= 0.6 is 0 Å². The number of carboxylic acid groups (broad SMARTS) is 1. The van der Waals surface area contributed by atoms with Crippen molar-refractivity contribution in [2.24, 2.45) is 28.5 Å². The number of primary amides is 1. The van der Waals surface area contributed by atoms with Crippen molar-refractivity contribution in [3.05, 3.63) is 29.8 Å². The molecule has 0 bridgehead atoms. The number of hydrogen-bond acceptors (Lipinski definition) is 26. The first-order chi connectivity index (χ1) is 54.5. The molecule has 39 heteroatoms. The summed E-state index contributed by atoms with van der Waals surface area (Å²) in [5.41, 5.74) is -2.84. The second-order valence-corrected chi connectivity index (χ2v) is 32.8. The molecule has 0 radical (unpaired) electrons. The lowest BCUT2D eigenvalue weighted by Gasteiger charge is -2.35. The Kier molecular flexibility index (Phi) is 47.8. The topological polar surface area (TPSA) is 545 Å². The molecule has 1 rings (SSSR count). The molecule has 12 amide bonds. The van der Waals surface area contributed by atoms with E-state index in [0.717, 1.165) is 0 Å². The van der Waals surface area contributed by atoms with Crippen LogP contribution in [0.1, 0.15) is 193 Å². The van der Waals surface area contributed by atoms with Gasteiger partial charge in [-0.1, -0.05) is 54.5 Å². The normalized spacial score (nSPS) is 14.0. The average molecular weight is 1670 g/mol. The number of carbonyl (C=O) groups is 15. The molecule has 0 aromatic heterocycles. The summed E-state index contributed by atoms with van der Waals surface area (Å²) >= 11 is 0. The Balaban J connectivity index is 3.32. The molecule has 0 aliphatic rings. The van der Waals surface area contributed by atoms with Crippen molar-refractivity contribution in [2.75, 3.05) is 98.8 Å². The predicted molar refractivity (Wildman–Crippen MR) is 431 cm³/mol. The Morgan fingerprint density at radius 2 is 1.03 bits per heavy atom. The van der Waals surface area contributed by atoms with Gasteiger partial charge in [-0.05, 0) is 158 Å². The summed E-state index contributed by atoms with van der Waals surface area (Å²) < 4.78 is 43.2. The average Bonchev–Trinajstić information content (AvgIpc) is 0.832. The first-order valence-electron chi connectivity index (χ1n) is 39.3. The Bertz CT molecular complexity index is 3380. The highest BCUT2D eigenvalue weighted by molar-refractivity contribution is 6.03. The number of guanidine groups is 1. The van der Waals surface area contributed by atoms with Gasteiger partial charge in [0, 0.05) is 31.7 Å². The van der Waals surface area contributed by atoms with Crippen molar-refractivity contribution in [1.29, 1.82) is 0 Å². The highest BCUT2D eigenvalue weighted by atomic mass is 16.6. The van der Waals surface area contributed by atoms with Crippen LogP contribution in [-0.4, -0.2) is 263 Å². The maximum Gasteiger partial charge on any atom is 0.414 e. The number of rotatable bonds is 55. The lowest BCUT2D eigenvalue weighted by Crippen LogP contribution is -2.65. The summed E-state index contributed by atoms with van der Waals surface area (Å²) in [4.78, 5) is 204. The van der Waals surface area contributed by atoms with Crippen molar-refractivity contribution in [3.63, 3.8) is 0 Å². The number of nitrogens with two attached hydrogens (primary N) is 1. The molecule has 0 spiro atoms. The monoisotopic (exact) mass is 1660 g/mol. The van der Waals surface area contributed by atoms with E-state index in [1.54, 1.807) is 83.1 Å². The molecule has 0 aliphatic carbocycles. The number of alkyl carbamates (subject to hydrolysis) is 2. The van der Waals surface area contributed by atoms with E-state index < -0.39 is 167 Å². The number of nitrogens with zero attached hydrogens (tertiary/aromatic N) is 1. The third kappa shape index (κ3) is 48.1. The Morgan fingerprint density at radius 3 is 1.52 bits per heavy atom. The molecule has 16 N–H and O–H groups in total. The van der Waals surface area contributed by atoms with Crippen LogP contribution in [-0.2, 0) is 90.6 Å². The molecule has 1 aromatic carbocycles. The number of carboxylic acids is 1. The minimum atomic E-state index is -1.83. The second kappa shape index (κ2) is 53.0. The quantitative estimate of drug-likeness (QED) is 0.0111. The van der Waals surface area contributed by atoms with E-state index in [4.69, 9.17) is 48.7 Å². The molecule has 7 atom stereocenters. The smallest absolute Gasteiger partial charge is 0.414 e. The summed E-state index contributed by atoms with van der Waals surface area (Å²) in [7, 11) is 0. The predicted octanol–water partition coefficient (Wildman–Crippen LogP) is 2.25. The van der Waals surface area contributed by atoms with Crippen LogP contribution in [0.5, 0.6) is 0 Å². The van der Waals surface area contributed by atoms with Gasteiger partial charge >= 0.3 is 30.2 Å². The largest absolute Gasteiger partial charge is 0.481 e. The Morgan fingerprint density at radius 1 is 0.521 bits per heavy atom. The van der Waals surface area contributed by atoms with Gasteiger partial charge in [0.15, 0.2) is 0 Å². The highest BCUT2D eigenvalue weighted by Gasteiger charge is 2.41. The molecule has 0 unspecified atom stereocenters. The SMILES string of the molecule is CC[C@](C=O)(CN[C@@H](CC(C)C)C(=O)N[C@@H](CCCNC(N)=O)C(=O)NC(C)(C)C(=O)N[C@@H](CC(C)C)C(=O)NCCOCCOCCOCCOCCOCCC(=O)O)NC(=O)[C@H](C)NC[C@@](C=O)(CC(C)C)NC(=O)[C@H](CC(=O)OC(C)(C)C)NC(=O)CNC(=O)c1cccc(N=C(NC(=O)OC(C)(C)C)NC(=O)OC(C)(C)C)c1. The van der Waals surface area contributed by atoms with E-state index in [1.807, 2.05) is 27.7 Å². The molecule has 0 saturated heterocycles. The Hall–Kier alpha value is -9.54. The third-order valence-electron chi connectivity index (χ3n) is 16.3. The van der Waals surface area contributed by atoms with Gasteiger partial charge in [-0.15, -0.1) is 0 Å². The lowest BCUT2D eigenvalue weighted by atomic mass is 9.89. The summed E-state index contributed by atoms with van der Waals surface area (Å²) in [6.45, 7) is 32.3. The minimum absolute atomic E-state index is 0.000406. The van der Waals surface area contributed by atoms with Crippen molar-refractivity contribution in [1.82, 2.24) is 69.1 Å². The number of aliphatic carboxylic acids is 1. The van der Waals surface area contributed by atoms with Crippen LogP contribution < -0.4 is 74.9 Å². The van der Waals surface area contributed by atoms with E-state index >= 15 is 0 Å². The number of urea groups is 1. The van der Waals surface area contributed by atoms with Gasteiger partial charge in [0.05, 0.1) is 103 Å². The maximum atomic E-state index is 14.5. The molecule has 39 nitrogen and oxygen atoms in total. The number of aldehydes is 2. The highest BCUT2D eigenvalue weighted by Crippen LogP contribution is 2.20. The summed E-state index contributed by atoms with van der Waals surface area (Å²) in [5.74, 6) is -9.17. The van der Waals surface area contributed by atoms with Gasteiger partial charge in [0.2, 0.25) is 47.3 Å². The van der Waals surface area contributed by atoms with Crippen LogP contribution in [0.2, 0.25) is 0 Å². The number of amides is 12. The first kappa shape index (κ1) is 105. The molecule has 0 fully saturated rings. The molecule has 0 aliphatic heterocycles. The minimum Gasteiger partial charge on any atom is -0.481 e. The number of aliphatic imine (C=N–C) groups is 1. The van der Waals surface area contributed by atoms with Crippen LogP contribution in [0.15, 0.2) is 29.3 Å². The molecular formula is C78H133N15O24. The number of benzene rings is 1. The number of esters is 1. The molecule has 664 valence electrons. The van der Waals surface area contributed by atoms with Gasteiger partial charge in [-0.25, -0.2) is 19.4 Å². The van der Waals surface area contributed by atoms with Crippen LogP contribution in [0.25, 0.3) is 0 Å². The van der Waals surface area contributed by atoms with Crippen LogP contribution in [0, 0.1) is 17.8 Å².